The maximum absolute atomic E-state index is 10.8. The minimum atomic E-state index is -0.470. The van der Waals surface area contributed by atoms with E-state index >= 15 is 0 Å². The van der Waals surface area contributed by atoms with Gasteiger partial charge in [0.1, 0.15) is 5.75 Å². The summed E-state index contributed by atoms with van der Waals surface area (Å²) in [6.07, 6.45) is 0.133. The molecule has 1 atom stereocenters. The fourth-order valence-corrected chi connectivity index (χ4v) is 1.34. The molecule has 62 valence electrons. The van der Waals surface area contributed by atoms with E-state index in [-0.39, 0.29) is 0 Å². The third-order valence-corrected chi connectivity index (χ3v) is 1.96. The van der Waals surface area contributed by atoms with Crippen molar-refractivity contribution in [2.24, 2.45) is 5.73 Å². The van der Waals surface area contributed by atoms with Crippen LogP contribution in [0.4, 0.5) is 0 Å². The Labute approximate surface area is 70.1 Å². The lowest BCUT2D eigenvalue weighted by atomic mass is 10.1. The Bertz CT molecular complexity index is 297. The van der Waals surface area contributed by atoms with E-state index in [1.807, 2.05) is 24.3 Å². The summed E-state index contributed by atoms with van der Waals surface area (Å²) in [6, 6.07) is 7.59. The van der Waals surface area contributed by atoms with Crippen molar-refractivity contribution in [1.29, 1.82) is 0 Å². The van der Waals surface area contributed by atoms with Crippen LogP contribution in [0.25, 0.3) is 0 Å². The van der Waals surface area contributed by atoms with Gasteiger partial charge in [-0.05, 0) is 11.6 Å². The first kappa shape index (κ1) is 7.16. The number of hydrogen-bond acceptors (Lipinski definition) is 2. The molecule has 0 radical (unpaired) electrons. The van der Waals surface area contributed by atoms with Gasteiger partial charge in [-0.1, -0.05) is 18.2 Å². The van der Waals surface area contributed by atoms with Crippen LogP contribution in [-0.4, -0.2) is 12.0 Å². The Morgan fingerprint density at radius 1 is 1.50 bits per heavy atom. The molecule has 3 heteroatoms. The van der Waals surface area contributed by atoms with E-state index in [4.69, 9.17) is 10.5 Å². The Morgan fingerprint density at radius 2 is 2.25 bits per heavy atom. The first-order chi connectivity index (χ1) is 5.77. The molecule has 0 aliphatic carbocycles. The van der Waals surface area contributed by atoms with Gasteiger partial charge in [0.25, 0.3) is 5.91 Å². The van der Waals surface area contributed by atoms with Crippen molar-refractivity contribution in [3.8, 4) is 5.75 Å². The first-order valence-corrected chi connectivity index (χ1v) is 3.81. The lowest BCUT2D eigenvalue weighted by Gasteiger charge is -2.03. The zero-order valence-corrected chi connectivity index (χ0v) is 6.49. The highest BCUT2D eigenvalue weighted by atomic mass is 16.5. The van der Waals surface area contributed by atoms with E-state index in [2.05, 4.69) is 0 Å². The Balaban J connectivity index is 2.27. The summed E-state index contributed by atoms with van der Waals surface area (Å²) < 4.78 is 5.29. The van der Waals surface area contributed by atoms with Crippen LogP contribution in [0.3, 0.4) is 0 Å². The first-order valence-electron chi connectivity index (χ1n) is 3.81. The summed E-state index contributed by atoms with van der Waals surface area (Å²) in [5.41, 5.74) is 6.17. The van der Waals surface area contributed by atoms with Crippen LogP contribution in [0.15, 0.2) is 24.3 Å². The molecule has 0 aromatic heterocycles. The molecule has 1 aromatic carbocycles. The van der Waals surface area contributed by atoms with Crippen LogP contribution in [0, 0.1) is 0 Å². The van der Waals surface area contributed by atoms with Gasteiger partial charge in [0.15, 0.2) is 6.10 Å². The number of fused-ring (bicyclic) bond motifs is 1. The minimum absolute atomic E-state index is 0.397. The molecule has 0 saturated carbocycles. The molecule has 12 heavy (non-hydrogen) atoms. The van der Waals surface area contributed by atoms with Crippen molar-refractivity contribution in [1.82, 2.24) is 0 Å². The number of nitrogens with two attached hydrogens (primary N) is 1. The molecule has 0 fully saturated rings. The van der Waals surface area contributed by atoms with Gasteiger partial charge in [-0.2, -0.15) is 0 Å². The smallest absolute Gasteiger partial charge is 0.258 e. The second kappa shape index (κ2) is 2.52. The highest BCUT2D eigenvalue weighted by Crippen LogP contribution is 2.27. The predicted molar refractivity (Wildman–Crippen MR) is 43.8 cm³/mol. The molecule has 1 aliphatic heterocycles. The Morgan fingerprint density at radius 3 is 2.92 bits per heavy atom. The monoisotopic (exact) mass is 163 g/mol. The summed E-state index contributed by atoms with van der Waals surface area (Å²) in [7, 11) is 0. The van der Waals surface area contributed by atoms with Crippen molar-refractivity contribution in [3.05, 3.63) is 29.8 Å². The summed E-state index contributed by atoms with van der Waals surface area (Å²) in [5.74, 6) is 0.382. The van der Waals surface area contributed by atoms with Crippen LogP contribution in [0.1, 0.15) is 5.56 Å². The molecule has 1 aromatic rings. The quantitative estimate of drug-likeness (QED) is 0.654. The van der Waals surface area contributed by atoms with Gasteiger partial charge >= 0.3 is 0 Å². The highest BCUT2D eigenvalue weighted by molar-refractivity contribution is 5.80. The number of benzene rings is 1. The molecule has 0 saturated heterocycles. The summed E-state index contributed by atoms with van der Waals surface area (Å²) in [5, 5.41) is 0. The van der Waals surface area contributed by atoms with Crippen molar-refractivity contribution >= 4 is 5.91 Å². The standard InChI is InChI=1S/C9H9NO2/c10-9(11)8-5-6-3-1-2-4-7(6)12-8/h1-4,8H,5H2,(H2,10,11). The molecule has 3 nitrogen and oxygen atoms in total. The van der Waals surface area contributed by atoms with E-state index in [1.165, 1.54) is 0 Å². The average molecular weight is 163 g/mol. The molecule has 1 unspecified atom stereocenters. The maximum Gasteiger partial charge on any atom is 0.258 e. The van der Waals surface area contributed by atoms with Gasteiger partial charge in [0.2, 0.25) is 0 Å². The molecule has 2 N–H and O–H groups in total. The number of primary amides is 1. The van der Waals surface area contributed by atoms with Crippen LogP contribution >= 0.6 is 0 Å². The minimum Gasteiger partial charge on any atom is -0.480 e. The van der Waals surface area contributed by atoms with Crippen LogP contribution in [0.5, 0.6) is 5.75 Å². The molecule has 1 aliphatic rings. The van der Waals surface area contributed by atoms with Crippen LogP contribution in [0.2, 0.25) is 0 Å². The van der Waals surface area contributed by atoms with E-state index in [9.17, 15) is 4.79 Å². The normalized spacial score (nSPS) is 19.8. The number of ether oxygens (including phenoxy) is 1. The molecule has 0 spiro atoms. The number of hydrogen-bond donors (Lipinski definition) is 1. The van der Waals surface area contributed by atoms with Crippen LogP contribution < -0.4 is 10.5 Å². The zero-order valence-electron chi connectivity index (χ0n) is 6.49. The summed E-state index contributed by atoms with van der Waals surface area (Å²) >= 11 is 0. The van der Waals surface area contributed by atoms with E-state index in [1.54, 1.807) is 0 Å². The molecule has 0 bridgehead atoms. The fraction of sp³-hybridized carbons (Fsp3) is 0.222. The van der Waals surface area contributed by atoms with Gasteiger partial charge in [-0.3, -0.25) is 4.79 Å². The average Bonchev–Trinajstić information content (AvgIpc) is 2.46. The number of carbonyl (C=O) groups is 1. The van der Waals surface area contributed by atoms with Crippen molar-refractivity contribution in [2.45, 2.75) is 12.5 Å². The molecule has 1 heterocycles. The van der Waals surface area contributed by atoms with E-state index < -0.39 is 12.0 Å². The SMILES string of the molecule is NC(=O)C1Cc2ccccc2O1. The van der Waals surface area contributed by atoms with Gasteiger partial charge in [-0.25, -0.2) is 0 Å². The lowest BCUT2D eigenvalue weighted by Crippen LogP contribution is -2.31. The van der Waals surface area contributed by atoms with Gasteiger partial charge < -0.3 is 10.5 Å². The second-order valence-corrected chi connectivity index (χ2v) is 2.82. The summed E-state index contributed by atoms with van der Waals surface area (Å²) in [6.45, 7) is 0. The third-order valence-electron chi connectivity index (χ3n) is 1.96. The molecule has 2 rings (SSSR count). The Hall–Kier alpha value is -1.51. The molecular formula is C9H9NO2. The second-order valence-electron chi connectivity index (χ2n) is 2.82. The van der Waals surface area contributed by atoms with Gasteiger partial charge in [-0.15, -0.1) is 0 Å². The number of amides is 1. The van der Waals surface area contributed by atoms with Gasteiger partial charge in [0.05, 0.1) is 0 Å². The number of para-hydroxylation sites is 1. The van der Waals surface area contributed by atoms with Crippen molar-refractivity contribution < 1.29 is 9.53 Å². The molecular weight excluding hydrogens is 154 g/mol. The van der Waals surface area contributed by atoms with Crippen LogP contribution in [-0.2, 0) is 11.2 Å². The topological polar surface area (TPSA) is 52.3 Å². The number of carbonyl (C=O) groups excluding carboxylic acids is 1. The van der Waals surface area contributed by atoms with Crippen molar-refractivity contribution in [3.63, 3.8) is 0 Å². The van der Waals surface area contributed by atoms with Gasteiger partial charge in [0, 0.05) is 6.42 Å². The van der Waals surface area contributed by atoms with E-state index in [0.29, 0.717) is 6.42 Å². The maximum atomic E-state index is 10.8. The van der Waals surface area contributed by atoms with E-state index in [0.717, 1.165) is 11.3 Å². The third kappa shape index (κ3) is 1.03. The zero-order chi connectivity index (χ0) is 8.55. The number of rotatable bonds is 1. The fourth-order valence-electron chi connectivity index (χ4n) is 1.34. The predicted octanol–water partition coefficient (Wildman–Crippen LogP) is 0.475. The Kier molecular flexibility index (Phi) is 1.50. The lowest BCUT2D eigenvalue weighted by molar-refractivity contribution is -0.123. The largest absolute Gasteiger partial charge is 0.480 e. The molecule has 1 amide bonds. The summed E-state index contributed by atoms with van der Waals surface area (Å²) in [4.78, 5) is 10.8. The van der Waals surface area contributed by atoms with Crippen molar-refractivity contribution in [2.75, 3.05) is 0 Å². The highest BCUT2D eigenvalue weighted by Gasteiger charge is 2.26.